The molecule has 1 N–H and O–H groups in total. The minimum atomic E-state index is -0.0260. The smallest absolute Gasteiger partial charge is 0.263 e. The predicted molar refractivity (Wildman–Crippen MR) is 109 cm³/mol. The van der Waals surface area contributed by atoms with Crippen LogP contribution in [0.15, 0.2) is 36.5 Å². The molecule has 3 aromatic rings. The minimum absolute atomic E-state index is 0.0260. The van der Waals surface area contributed by atoms with Gasteiger partial charge in [-0.3, -0.25) is 4.79 Å². The highest BCUT2D eigenvalue weighted by Crippen LogP contribution is 2.26. The van der Waals surface area contributed by atoms with Crippen LogP contribution in [0.25, 0.3) is 10.9 Å². The maximum absolute atomic E-state index is 12.5. The Hall–Kier alpha value is -2.38. The topological polar surface area (TPSA) is 59.4 Å². The van der Waals surface area contributed by atoms with Crippen LogP contribution in [-0.4, -0.2) is 48.3 Å². The number of fused-ring (bicyclic) bond motifs is 1. The minimum Gasteiger partial charge on any atom is -0.378 e. The Morgan fingerprint density at radius 1 is 1.26 bits per heavy atom. The second-order valence-corrected chi connectivity index (χ2v) is 7.67. The molecule has 7 heteroatoms. The van der Waals surface area contributed by atoms with Crippen LogP contribution in [0.5, 0.6) is 0 Å². The first-order chi connectivity index (χ1) is 13.2. The lowest BCUT2D eigenvalue weighted by Gasteiger charge is -2.25. The molecule has 0 spiro atoms. The zero-order chi connectivity index (χ0) is 18.6. The Labute approximate surface area is 162 Å². The lowest BCUT2D eigenvalue weighted by molar-refractivity contribution is 0.0956. The molecule has 6 nitrogen and oxygen atoms in total. The second kappa shape index (κ2) is 8.10. The van der Waals surface area contributed by atoms with Gasteiger partial charge in [0.05, 0.1) is 18.9 Å². The van der Waals surface area contributed by atoms with E-state index in [4.69, 9.17) is 4.74 Å². The number of nitrogens with zero attached hydrogens (tertiary/aromatic N) is 3. The number of hydrogen-bond acceptors (Lipinski definition) is 5. The molecule has 27 heavy (non-hydrogen) atoms. The van der Waals surface area contributed by atoms with Crippen LogP contribution >= 0.6 is 11.3 Å². The number of para-hydroxylation sites is 1. The van der Waals surface area contributed by atoms with Crippen LogP contribution in [0.4, 0.5) is 5.13 Å². The molecule has 2 aromatic heterocycles. The van der Waals surface area contributed by atoms with Crippen molar-refractivity contribution in [1.29, 1.82) is 0 Å². The second-order valence-electron chi connectivity index (χ2n) is 6.69. The van der Waals surface area contributed by atoms with Crippen molar-refractivity contribution >= 4 is 33.3 Å². The highest BCUT2D eigenvalue weighted by Gasteiger charge is 2.20. The Morgan fingerprint density at radius 3 is 2.93 bits per heavy atom. The summed E-state index contributed by atoms with van der Waals surface area (Å²) < 4.78 is 7.61. The first-order valence-corrected chi connectivity index (χ1v) is 10.2. The number of ether oxygens (including phenoxy) is 1. The summed E-state index contributed by atoms with van der Waals surface area (Å²) in [6, 6.07) is 10.5. The van der Waals surface area contributed by atoms with Crippen molar-refractivity contribution in [2.45, 2.75) is 19.9 Å². The van der Waals surface area contributed by atoms with Crippen molar-refractivity contribution in [3.8, 4) is 0 Å². The number of thiazole rings is 1. The molecule has 1 fully saturated rings. The van der Waals surface area contributed by atoms with E-state index in [2.05, 4.69) is 56.3 Å². The summed E-state index contributed by atoms with van der Waals surface area (Å²) in [5, 5.41) is 5.21. The molecule has 1 amide bonds. The molecule has 0 radical (unpaired) electrons. The van der Waals surface area contributed by atoms with Gasteiger partial charge in [-0.2, -0.15) is 0 Å². The quantitative estimate of drug-likeness (QED) is 0.664. The molecular formula is C20H24N4O2S. The summed E-state index contributed by atoms with van der Waals surface area (Å²) in [6.45, 7) is 6.53. The van der Waals surface area contributed by atoms with Crippen molar-refractivity contribution in [2.24, 2.45) is 0 Å². The van der Waals surface area contributed by atoms with E-state index in [1.807, 2.05) is 6.92 Å². The lowest BCUT2D eigenvalue weighted by Crippen LogP contribution is -2.36. The van der Waals surface area contributed by atoms with Gasteiger partial charge in [-0.05, 0) is 30.9 Å². The first kappa shape index (κ1) is 18.0. The van der Waals surface area contributed by atoms with E-state index >= 15 is 0 Å². The predicted octanol–water partition coefficient (Wildman–Crippen LogP) is 3.06. The van der Waals surface area contributed by atoms with E-state index < -0.39 is 0 Å². The van der Waals surface area contributed by atoms with Gasteiger partial charge in [-0.1, -0.05) is 29.5 Å². The monoisotopic (exact) mass is 384 g/mol. The standard InChI is InChI=1S/C20H24N4O2S/c1-15-18(27-20(22-15)24-11-13-26-14-12-24)19(25)21-8-4-9-23-10-7-16-5-2-3-6-17(16)23/h2-3,5-7,10H,4,8-9,11-14H2,1H3,(H,21,25). The van der Waals surface area contributed by atoms with Crippen molar-refractivity contribution in [3.05, 3.63) is 47.1 Å². The molecular weight excluding hydrogens is 360 g/mol. The normalized spacial score (nSPS) is 14.6. The number of morpholine rings is 1. The fraction of sp³-hybridized carbons (Fsp3) is 0.400. The molecule has 0 unspecified atom stereocenters. The van der Waals surface area contributed by atoms with Gasteiger partial charge in [0.15, 0.2) is 5.13 Å². The number of amides is 1. The van der Waals surface area contributed by atoms with Crippen molar-refractivity contribution < 1.29 is 9.53 Å². The highest BCUT2D eigenvalue weighted by molar-refractivity contribution is 7.17. The van der Waals surface area contributed by atoms with Crippen LogP contribution in [-0.2, 0) is 11.3 Å². The molecule has 0 bridgehead atoms. The van der Waals surface area contributed by atoms with Gasteiger partial charge in [-0.25, -0.2) is 4.98 Å². The maximum Gasteiger partial charge on any atom is 0.263 e. The molecule has 1 aliphatic rings. The number of rotatable bonds is 6. The molecule has 1 saturated heterocycles. The van der Waals surface area contributed by atoms with Crippen LogP contribution < -0.4 is 10.2 Å². The lowest BCUT2D eigenvalue weighted by atomic mass is 10.2. The Morgan fingerprint density at radius 2 is 2.07 bits per heavy atom. The molecule has 142 valence electrons. The third-order valence-corrected chi connectivity index (χ3v) is 6.03. The average molecular weight is 385 g/mol. The Balaban J connectivity index is 1.31. The molecule has 0 aliphatic carbocycles. The zero-order valence-electron chi connectivity index (χ0n) is 15.5. The zero-order valence-corrected chi connectivity index (χ0v) is 16.3. The van der Waals surface area contributed by atoms with Gasteiger partial charge in [0.25, 0.3) is 5.91 Å². The molecule has 4 rings (SSSR count). The average Bonchev–Trinajstić information content (AvgIpc) is 3.29. The number of nitrogens with one attached hydrogen (secondary N) is 1. The third-order valence-electron chi connectivity index (χ3n) is 4.81. The largest absolute Gasteiger partial charge is 0.378 e. The van der Waals surface area contributed by atoms with Gasteiger partial charge < -0.3 is 19.5 Å². The number of carbonyl (C=O) groups is 1. The number of benzene rings is 1. The fourth-order valence-corrected chi connectivity index (χ4v) is 4.38. The van der Waals surface area contributed by atoms with Crippen molar-refractivity contribution in [3.63, 3.8) is 0 Å². The van der Waals surface area contributed by atoms with Crippen LogP contribution in [0, 0.1) is 6.92 Å². The summed E-state index contributed by atoms with van der Waals surface area (Å²) in [5.41, 5.74) is 2.03. The molecule has 0 saturated carbocycles. The SMILES string of the molecule is Cc1nc(N2CCOCC2)sc1C(=O)NCCCn1ccc2ccccc21. The summed E-state index contributed by atoms with van der Waals surface area (Å²) >= 11 is 1.47. The van der Waals surface area contributed by atoms with E-state index in [9.17, 15) is 4.79 Å². The summed E-state index contributed by atoms with van der Waals surface area (Å²) in [7, 11) is 0. The van der Waals surface area contributed by atoms with E-state index in [1.54, 1.807) is 0 Å². The number of hydrogen-bond donors (Lipinski definition) is 1. The van der Waals surface area contributed by atoms with Gasteiger partial charge >= 0.3 is 0 Å². The number of aryl methyl sites for hydroxylation is 2. The molecule has 1 aromatic carbocycles. The molecule has 3 heterocycles. The summed E-state index contributed by atoms with van der Waals surface area (Å²) in [6.07, 6.45) is 2.99. The van der Waals surface area contributed by atoms with Gasteiger partial charge in [0.1, 0.15) is 4.88 Å². The van der Waals surface area contributed by atoms with Crippen LogP contribution in [0.1, 0.15) is 21.8 Å². The number of anilines is 1. The van der Waals surface area contributed by atoms with Crippen LogP contribution in [0.3, 0.4) is 0 Å². The number of carbonyl (C=O) groups excluding carboxylic acids is 1. The molecule has 0 atom stereocenters. The van der Waals surface area contributed by atoms with Crippen LogP contribution in [0.2, 0.25) is 0 Å². The number of aromatic nitrogens is 2. The van der Waals surface area contributed by atoms with Gasteiger partial charge in [0.2, 0.25) is 0 Å². The van der Waals surface area contributed by atoms with Crippen molar-refractivity contribution in [2.75, 3.05) is 37.7 Å². The van der Waals surface area contributed by atoms with E-state index in [0.717, 1.165) is 36.9 Å². The highest BCUT2D eigenvalue weighted by atomic mass is 32.1. The van der Waals surface area contributed by atoms with Gasteiger partial charge in [0, 0.05) is 37.9 Å². The first-order valence-electron chi connectivity index (χ1n) is 9.34. The van der Waals surface area contributed by atoms with E-state index in [0.29, 0.717) is 24.6 Å². The van der Waals surface area contributed by atoms with E-state index in [-0.39, 0.29) is 5.91 Å². The van der Waals surface area contributed by atoms with E-state index in [1.165, 1.54) is 22.2 Å². The summed E-state index contributed by atoms with van der Waals surface area (Å²) in [5.74, 6) is -0.0260. The van der Waals surface area contributed by atoms with Gasteiger partial charge in [-0.15, -0.1) is 0 Å². The summed E-state index contributed by atoms with van der Waals surface area (Å²) in [4.78, 5) is 20.0. The fourth-order valence-electron chi connectivity index (χ4n) is 3.35. The Kier molecular flexibility index (Phi) is 5.40. The maximum atomic E-state index is 12.5. The third kappa shape index (κ3) is 3.99. The van der Waals surface area contributed by atoms with Crippen molar-refractivity contribution in [1.82, 2.24) is 14.9 Å². The molecule has 1 aliphatic heterocycles. The Bertz CT molecular complexity index is 927.